The molecular weight excluding hydrogens is 725 g/mol. The summed E-state index contributed by atoms with van der Waals surface area (Å²) in [5.41, 5.74) is 1.46. The van der Waals surface area contributed by atoms with Crippen molar-refractivity contribution in [1.82, 2.24) is 4.31 Å². The van der Waals surface area contributed by atoms with Crippen molar-refractivity contribution in [2.45, 2.75) is 68.4 Å². The molecule has 1 aromatic heterocycles. The van der Waals surface area contributed by atoms with Crippen LogP contribution in [-0.4, -0.2) is 55.4 Å². The number of hydrogen-bond acceptors (Lipinski definition) is 9. The van der Waals surface area contributed by atoms with Gasteiger partial charge < -0.3 is 24.2 Å². The number of sulfonamides is 1. The fourth-order valence-electron chi connectivity index (χ4n) is 5.25. The highest BCUT2D eigenvalue weighted by molar-refractivity contribution is 8.02. The van der Waals surface area contributed by atoms with Crippen LogP contribution in [0.1, 0.15) is 55.4 Å². The molecule has 264 valence electrons. The predicted molar refractivity (Wildman–Crippen MR) is 179 cm³/mol. The Morgan fingerprint density at radius 1 is 1.08 bits per heavy atom. The van der Waals surface area contributed by atoms with Crippen LogP contribution >= 0.6 is 35.0 Å². The normalized spacial score (nSPS) is 17.2. The Morgan fingerprint density at radius 3 is 2.41 bits per heavy atom. The fourth-order valence-corrected chi connectivity index (χ4v) is 8.90. The van der Waals surface area contributed by atoms with Gasteiger partial charge in [0.25, 0.3) is 0 Å². The van der Waals surface area contributed by atoms with Gasteiger partial charge in [-0.25, -0.2) is 13.2 Å². The van der Waals surface area contributed by atoms with Crippen molar-refractivity contribution in [2.75, 3.05) is 18.9 Å². The first kappa shape index (κ1) is 37.1. The highest BCUT2D eigenvalue weighted by Crippen LogP contribution is 2.39. The van der Waals surface area contributed by atoms with Gasteiger partial charge in [-0.15, -0.1) is 11.8 Å². The molecule has 1 saturated heterocycles. The number of nitrogens with zero attached hydrogens (tertiary/aromatic N) is 2. The second-order valence-corrected chi connectivity index (χ2v) is 15.7. The largest absolute Gasteiger partial charge is 0.619 e. The fraction of sp³-hybridized carbons (Fsp3) is 0.424. The molecule has 0 amide bonds. The average molecular weight is 760 g/mol. The molecule has 1 saturated carbocycles. The van der Waals surface area contributed by atoms with E-state index in [9.17, 15) is 32.0 Å². The molecule has 0 radical (unpaired) electrons. The van der Waals surface area contributed by atoms with Crippen molar-refractivity contribution in [2.24, 2.45) is 5.92 Å². The lowest BCUT2D eigenvalue weighted by Gasteiger charge is -2.26. The SMILES string of the molecule is CC(=O)CCCc1ccc(S(=O)(=O)N2CCS[C@H]2C(=O)O[C@@H](Cc2c(Cl)c[n+]([O-])cc2Cl)c2ccc(OC(F)F)c(OCC3CC3)c2)cc1. The van der Waals surface area contributed by atoms with Crippen molar-refractivity contribution < 1.29 is 45.7 Å². The number of aromatic nitrogens is 1. The van der Waals surface area contributed by atoms with Crippen LogP contribution in [0.15, 0.2) is 59.8 Å². The first-order valence-corrected chi connectivity index (χ1v) is 18.8. The number of rotatable bonds is 16. The van der Waals surface area contributed by atoms with E-state index in [-0.39, 0.29) is 63.3 Å². The zero-order valence-electron chi connectivity index (χ0n) is 26.4. The molecule has 3 aromatic rings. The van der Waals surface area contributed by atoms with Crippen LogP contribution in [-0.2, 0) is 37.2 Å². The van der Waals surface area contributed by atoms with Gasteiger partial charge in [-0.2, -0.15) is 17.8 Å². The Bertz CT molecular complexity index is 1760. The lowest BCUT2D eigenvalue weighted by molar-refractivity contribution is -0.605. The van der Waals surface area contributed by atoms with E-state index in [4.69, 9.17) is 32.7 Å². The van der Waals surface area contributed by atoms with Crippen molar-refractivity contribution in [3.05, 3.63) is 86.8 Å². The van der Waals surface area contributed by atoms with E-state index in [0.29, 0.717) is 35.3 Å². The first-order valence-electron chi connectivity index (χ1n) is 15.5. The van der Waals surface area contributed by atoms with E-state index in [2.05, 4.69) is 4.74 Å². The molecule has 2 fully saturated rings. The standard InChI is InChI=1S/C33H34Cl2F2N2O8S2/c1-20(40)3-2-4-21-7-10-24(11-8-21)49(43,44)39-13-14-48-31(39)32(41)46-29(16-25-26(34)17-38(42)18-27(25)35)23-9-12-28(47-33(36)37)30(15-23)45-19-22-5-6-22/h7-12,15,17-18,22,29,31,33H,2-6,13-14,16,19H2,1H3/t29-,31-/m0/s1. The molecule has 5 rings (SSSR count). The number of alkyl halides is 2. The highest BCUT2D eigenvalue weighted by Gasteiger charge is 2.42. The Kier molecular flexibility index (Phi) is 12.3. The number of esters is 1. The van der Waals surface area contributed by atoms with Crippen LogP contribution in [0, 0.1) is 11.1 Å². The summed E-state index contributed by atoms with van der Waals surface area (Å²) >= 11 is 13.8. The number of Topliss-reactive ketones (excluding diaryl/α,β-unsaturated/α-hetero) is 1. The van der Waals surface area contributed by atoms with Gasteiger partial charge in [-0.1, -0.05) is 41.4 Å². The molecule has 1 aliphatic heterocycles. The first-order chi connectivity index (χ1) is 23.3. The number of ketones is 1. The van der Waals surface area contributed by atoms with Gasteiger partial charge in [-0.3, -0.25) is 0 Å². The van der Waals surface area contributed by atoms with Crippen LogP contribution in [0.2, 0.25) is 10.0 Å². The van der Waals surface area contributed by atoms with Crippen molar-refractivity contribution >= 4 is 56.7 Å². The molecule has 0 bridgehead atoms. The van der Waals surface area contributed by atoms with E-state index in [1.807, 2.05) is 0 Å². The van der Waals surface area contributed by atoms with Gasteiger partial charge in [0, 0.05) is 30.7 Å². The lowest BCUT2D eigenvalue weighted by atomic mass is 10.0. The number of pyridine rings is 1. The molecular formula is C33H34Cl2F2N2O8S2. The van der Waals surface area contributed by atoms with Crippen LogP contribution in [0.5, 0.6) is 11.5 Å². The summed E-state index contributed by atoms with van der Waals surface area (Å²) in [5, 5.41) is 10.7. The summed E-state index contributed by atoms with van der Waals surface area (Å²) in [7, 11) is -4.12. The zero-order valence-corrected chi connectivity index (χ0v) is 29.5. The third-order valence-corrected chi connectivity index (χ3v) is 11.9. The van der Waals surface area contributed by atoms with E-state index in [1.165, 1.54) is 37.3 Å². The molecule has 2 atom stereocenters. The van der Waals surface area contributed by atoms with E-state index >= 15 is 0 Å². The Balaban J connectivity index is 1.41. The monoisotopic (exact) mass is 758 g/mol. The number of ether oxygens (including phenoxy) is 3. The molecule has 49 heavy (non-hydrogen) atoms. The number of thioether (sulfide) groups is 1. The molecule has 2 aliphatic rings. The summed E-state index contributed by atoms with van der Waals surface area (Å²) in [6, 6.07) is 10.4. The minimum atomic E-state index is -4.12. The topological polar surface area (TPSA) is 126 Å². The minimum absolute atomic E-state index is 0.000469. The summed E-state index contributed by atoms with van der Waals surface area (Å²) < 4.78 is 71.8. The molecule has 2 heterocycles. The predicted octanol–water partition coefficient (Wildman–Crippen LogP) is 6.52. The maximum atomic E-state index is 13.8. The van der Waals surface area contributed by atoms with Gasteiger partial charge in [0.15, 0.2) is 29.3 Å². The van der Waals surface area contributed by atoms with Gasteiger partial charge in [-0.05, 0) is 73.9 Å². The summed E-state index contributed by atoms with van der Waals surface area (Å²) in [6.07, 6.45) is 4.44. The molecule has 10 nitrogen and oxygen atoms in total. The minimum Gasteiger partial charge on any atom is -0.619 e. The van der Waals surface area contributed by atoms with E-state index < -0.39 is 34.1 Å². The zero-order chi connectivity index (χ0) is 35.3. The highest BCUT2D eigenvalue weighted by atomic mass is 35.5. The number of benzene rings is 2. The van der Waals surface area contributed by atoms with Gasteiger partial charge >= 0.3 is 12.6 Å². The maximum absolute atomic E-state index is 13.8. The van der Waals surface area contributed by atoms with E-state index in [0.717, 1.165) is 46.9 Å². The van der Waals surface area contributed by atoms with Crippen LogP contribution in [0.4, 0.5) is 8.78 Å². The number of aryl methyl sites for hydroxylation is 1. The number of halogens is 4. The van der Waals surface area contributed by atoms with Gasteiger partial charge in [0.05, 0.1) is 11.5 Å². The van der Waals surface area contributed by atoms with Crippen molar-refractivity contribution in [3.8, 4) is 11.5 Å². The third kappa shape index (κ3) is 9.75. The molecule has 0 unspecified atom stereocenters. The summed E-state index contributed by atoms with van der Waals surface area (Å²) in [6.45, 7) is -1.27. The Morgan fingerprint density at radius 2 is 1.78 bits per heavy atom. The molecule has 1 aliphatic carbocycles. The van der Waals surface area contributed by atoms with Crippen molar-refractivity contribution in [1.29, 1.82) is 0 Å². The molecule has 2 aromatic carbocycles. The summed E-state index contributed by atoms with van der Waals surface area (Å²) in [4.78, 5) is 25.1. The average Bonchev–Trinajstić information content (AvgIpc) is 3.73. The Hall–Kier alpha value is -3.17. The number of hydrogen-bond donors (Lipinski definition) is 0. The quantitative estimate of drug-likeness (QED) is 0.0912. The summed E-state index contributed by atoms with van der Waals surface area (Å²) in [5.74, 6) is -0.374. The van der Waals surface area contributed by atoms with Crippen LogP contribution in [0.3, 0.4) is 0 Å². The van der Waals surface area contributed by atoms with Crippen LogP contribution in [0.25, 0.3) is 0 Å². The number of carbonyl (C=O) groups excluding carboxylic acids is 2. The van der Waals surface area contributed by atoms with E-state index in [1.54, 1.807) is 12.1 Å². The smallest absolute Gasteiger partial charge is 0.387 e. The molecule has 0 N–H and O–H groups in total. The van der Waals surface area contributed by atoms with Gasteiger partial charge in [0.2, 0.25) is 10.0 Å². The second-order valence-electron chi connectivity index (χ2n) is 11.8. The van der Waals surface area contributed by atoms with Gasteiger partial charge in [0.1, 0.15) is 21.9 Å². The maximum Gasteiger partial charge on any atom is 0.387 e. The third-order valence-electron chi connectivity index (χ3n) is 8.01. The molecule has 16 heteroatoms. The Labute approximate surface area is 297 Å². The van der Waals surface area contributed by atoms with Crippen molar-refractivity contribution in [3.63, 3.8) is 0 Å². The number of carbonyl (C=O) groups is 2. The lowest BCUT2D eigenvalue weighted by Crippen LogP contribution is -2.40. The molecule has 0 spiro atoms. The second kappa shape index (κ2) is 16.2. The van der Waals surface area contributed by atoms with Crippen LogP contribution < -0.4 is 14.2 Å².